The third-order valence-corrected chi connectivity index (χ3v) is 2.94. The Morgan fingerprint density at radius 2 is 1.96 bits per heavy atom. The molecule has 1 rings (SSSR count). The first-order valence-electron chi connectivity index (χ1n) is 7.49. The number of anilines is 1. The number of benzene rings is 1. The van der Waals surface area contributed by atoms with E-state index in [4.69, 9.17) is 16.2 Å². The predicted molar refractivity (Wildman–Crippen MR) is 91.1 cm³/mol. The number of carbonyl (C=O) groups is 2. The first-order valence-corrected chi connectivity index (χ1v) is 7.49. The normalized spacial score (nSPS) is 11.4. The van der Waals surface area contributed by atoms with Gasteiger partial charge in [0.1, 0.15) is 5.60 Å². The zero-order valence-electron chi connectivity index (χ0n) is 13.9. The second kappa shape index (κ2) is 8.22. The van der Waals surface area contributed by atoms with E-state index in [0.717, 1.165) is 18.4 Å². The second-order valence-corrected chi connectivity index (χ2v) is 6.17. The number of hydrogen-bond acceptors (Lipinski definition) is 4. The monoisotopic (exact) mass is 319 g/mol. The number of primary amides is 1. The van der Waals surface area contributed by atoms with Crippen LogP contribution in [0.1, 0.15) is 43.1 Å². The summed E-state index contributed by atoms with van der Waals surface area (Å²) in [4.78, 5) is 22.5. The number of rotatable bonds is 6. The van der Waals surface area contributed by atoms with E-state index in [2.05, 4.69) is 5.32 Å². The molecule has 0 aliphatic heterocycles. The number of nitrogen functional groups attached to an aromatic ring is 1. The zero-order chi connectivity index (χ0) is 17.5. The first-order chi connectivity index (χ1) is 10.7. The number of carbonyl (C=O) groups excluding carboxylic acids is 2. The molecule has 6 heteroatoms. The van der Waals surface area contributed by atoms with Gasteiger partial charge in [-0.05, 0) is 51.3 Å². The number of aryl methyl sites for hydroxylation is 1. The molecule has 0 aliphatic carbocycles. The molecule has 23 heavy (non-hydrogen) atoms. The lowest BCUT2D eigenvalue weighted by atomic mass is 10.0. The van der Waals surface area contributed by atoms with Crippen LogP contribution in [-0.2, 0) is 11.2 Å². The van der Waals surface area contributed by atoms with Gasteiger partial charge >= 0.3 is 6.09 Å². The summed E-state index contributed by atoms with van der Waals surface area (Å²) in [6.07, 6.45) is 4.90. The molecule has 126 valence electrons. The molecule has 0 saturated heterocycles. The Balaban J connectivity index is 2.34. The van der Waals surface area contributed by atoms with Crippen LogP contribution >= 0.6 is 0 Å². The van der Waals surface area contributed by atoms with Crippen molar-refractivity contribution >= 4 is 17.7 Å². The molecular formula is C17H25N3O3. The molecule has 0 aliphatic rings. The lowest BCUT2D eigenvalue weighted by Gasteiger charge is -2.19. The summed E-state index contributed by atoms with van der Waals surface area (Å²) in [6, 6.07) is 5.06. The molecule has 5 N–H and O–H groups in total. The molecule has 0 fully saturated rings. The van der Waals surface area contributed by atoms with E-state index in [1.54, 1.807) is 12.1 Å². The van der Waals surface area contributed by atoms with Gasteiger partial charge in [0.05, 0.1) is 0 Å². The van der Waals surface area contributed by atoms with Crippen molar-refractivity contribution in [2.45, 2.75) is 39.2 Å². The van der Waals surface area contributed by atoms with Gasteiger partial charge in [-0.1, -0.05) is 18.2 Å². The molecule has 0 atom stereocenters. The number of hydrogen-bond donors (Lipinski definition) is 3. The molecule has 0 heterocycles. The van der Waals surface area contributed by atoms with Crippen molar-refractivity contribution in [3.8, 4) is 0 Å². The third-order valence-electron chi connectivity index (χ3n) is 2.94. The highest BCUT2D eigenvalue weighted by Crippen LogP contribution is 2.16. The Morgan fingerprint density at radius 1 is 1.26 bits per heavy atom. The van der Waals surface area contributed by atoms with E-state index in [-0.39, 0.29) is 0 Å². The Kier molecular flexibility index (Phi) is 6.63. The Hall–Kier alpha value is -2.50. The van der Waals surface area contributed by atoms with Gasteiger partial charge < -0.3 is 21.5 Å². The van der Waals surface area contributed by atoms with Crippen LogP contribution in [0.5, 0.6) is 0 Å². The van der Waals surface area contributed by atoms with Crippen molar-refractivity contribution < 1.29 is 14.3 Å². The molecule has 2 amide bonds. The Bertz CT molecular complexity index is 589. The average molecular weight is 319 g/mol. The van der Waals surface area contributed by atoms with Crippen LogP contribution in [0.2, 0.25) is 0 Å². The minimum Gasteiger partial charge on any atom is -0.444 e. The van der Waals surface area contributed by atoms with Crippen LogP contribution < -0.4 is 16.8 Å². The number of nitrogens with one attached hydrogen (secondary N) is 1. The lowest BCUT2D eigenvalue weighted by molar-refractivity contribution is 0.0534. The van der Waals surface area contributed by atoms with Crippen LogP contribution in [0.25, 0.3) is 0 Å². The SMILES string of the molecule is CC(C)(C)OC(=O)NC/C=C/CCc1ccc(C(N)=O)cc1N. The topological polar surface area (TPSA) is 107 Å². The number of alkyl carbamates (subject to hydrolysis) is 1. The van der Waals surface area contributed by atoms with Crippen LogP contribution in [0.15, 0.2) is 30.4 Å². The Morgan fingerprint density at radius 3 is 2.52 bits per heavy atom. The van der Waals surface area contributed by atoms with E-state index in [1.165, 1.54) is 0 Å². The number of ether oxygens (including phenoxy) is 1. The maximum absolute atomic E-state index is 11.4. The zero-order valence-corrected chi connectivity index (χ0v) is 13.9. The lowest BCUT2D eigenvalue weighted by Crippen LogP contribution is -2.32. The van der Waals surface area contributed by atoms with Crippen LogP contribution in [-0.4, -0.2) is 24.1 Å². The molecule has 0 unspecified atom stereocenters. The molecule has 1 aromatic rings. The van der Waals surface area contributed by atoms with E-state index in [0.29, 0.717) is 17.8 Å². The molecular weight excluding hydrogens is 294 g/mol. The van der Waals surface area contributed by atoms with Crippen molar-refractivity contribution in [3.63, 3.8) is 0 Å². The predicted octanol–water partition coefficient (Wildman–Crippen LogP) is 2.38. The van der Waals surface area contributed by atoms with Crippen molar-refractivity contribution in [1.29, 1.82) is 0 Å². The van der Waals surface area contributed by atoms with Crippen LogP contribution in [0.3, 0.4) is 0 Å². The largest absolute Gasteiger partial charge is 0.444 e. The van der Waals surface area contributed by atoms with E-state index in [1.807, 2.05) is 39.0 Å². The van der Waals surface area contributed by atoms with Gasteiger partial charge in [-0.25, -0.2) is 4.79 Å². The van der Waals surface area contributed by atoms with Crippen LogP contribution in [0, 0.1) is 0 Å². The highest BCUT2D eigenvalue weighted by atomic mass is 16.6. The average Bonchev–Trinajstić information content (AvgIpc) is 2.41. The molecule has 6 nitrogen and oxygen atoms in total. The molecule has 0 radical (unpaired) electrons. The maximum atomic E-state index is 11.4. The highest BCUT2D eigenvalue weighted by Gasteiger charge is 2.14. The fraction of sp³-hybridized carbons (Fsp3) is 0.412. The van der Waals surface area contributed by atoms with Gasteiger partial charge in [-0.2, -0.15) is 0 Å². The molecule has 0 saturated carbocycles. The molecule has 0 bridgehead atoms. The summed E-state index contributed by atoms with van der Waals surface area (Å²) in [5, 5.41) is 2.65. The quantitative estimate of drug-likeness (QED) is 0.552. The van der Waals surface area contributed by atoms with Gasteiger partial charge in [-0.3, -0.25) is 4.79 Å². The van der Waals surface area contributed by atoms with E-state index in [9.17, 15) is 9.59 Å². The summed E-state index contributed by atoms with van der Waals surface area (Å²) in [6.45, 7) is 5.86. The van der Waals surface area contributed by atoms with Crippen LogP contribution in [0.4, 0.5) is 10.5 Å². The standard InChI is InChI=1S/C17H25N3O3/c1-17(2,3)23-16(22)20-10-6-4-5-7-12-8-9-13(15(19)21)11-14(12)18/h4,6,8-9,11H,5,7,10,18H2,1-3H3,(H2,19,21)(H,20,22)/b6-4+. The number of allylic oxidation sites excluding steroid dienone is 1. The fourth-order valence-electron chi connectivity index (χ4n) is 1.87. The summed E-state index contributed by atoms with van der Waals surface area (Å²) in [5.74, 6) is -0.489. The fourth-order valence-corrected chi connectivity index (χ4v) is 1.87. The second-order valence-electron chi connectivity index (χ2n) is 6.17. The molecule has 0 spiro atoms. The third kappa shape index (κ3) is 7.35. The smallest absolute Gasteiger partial charge is 0.407 e. The summed E-state index contributed by atoms with van der Waals surface area (Å²) in [5.41, 5.74) is 12.5. The minimum absolute atomic E-state index is 0.406. The first kappa shape index (κ1) is 18.5. The summed E-state index contributed by atoms with van der Waals surface area (Å²) >= 11 is 0. The summed E-state index contributed by atoms with van der Waals surface area (Å²) < 4.78 is 5.12. The Labute approximate surface area is 136 Å². The van der Waals surface area contributed by atoms with Gasteiger partial charge in [0.2, 0.25) is 5.91 Å². The van der Waals surface area contributed by atoms with Crippen molar-refractivity contribution in [2.24, 2.45) is 5.73 Å². The molecule has 1 aromatic carbocycles. The van der Waals surface area contributed by atoms with Gasteiger partial charge in [-0.15, -0.1) is 0 Å². The van der Waals surface area contributed by atoms with E-state index < -0.39 is 17.6 Å². The number of amides is 2. The van der Waals surface area contributed by atoms with Gasteiger partial charge in [0, 0.05) is 17.8 Å². The van der Waals surface area contributed by atoms with Crippen molar-refractivity contribution in [2.75, 3.05) is 12.3 Å². The minimum atomic E-state index is -0.498. The van der Waals surface area contributed by atoms with Crippen molar-refractivity contribution in [1.82, 2.24) is 5.32 Å². The van der Waals surface area contributed by atoms with Gasteiger partial charge in [0.15, 0.2) is 0 Å². The summed E-state index contributed by atoms with van der Waals surface area (Å²) in [7, 11) is 0. The number of nitrogens with two attached hydrogens (primary N) is 2. The van der Waals surface area contributed by atoms with Crippen molar-refractivity contribution in [3.05, 3.63) is 41.5 Å². The molecule has 0 aromatic heterocycles. The van der Waals surface area contributed by atoms with E-state index >= 15 is 0 Å². The maximum Gasteiger partial charge on any atom is 0.407 e. The van der Waals surface area contributed by atoms with Gasteiger partial charge in [0.25, 0.3) is 0 Å². The highest BCUT2D eigenvalue weighted by molar-refractivity contribution is 5.93.